The van der Waals surface area contributed by atoms with Crippen LogP contribution in [0.25, 0.3) is 0 Å². The van der Waals surface area contributed by atoms with Gasteiger partial charge in [-0.1, -0.05) is 39.3 Å². The van der Waals surface area contributed by atoms with Crippen molar-refractivity contribution in [2.75, 3.05) is 0 Å². The lowest BCUT2D eigenvalue weighted by Crippen LogP contribution is -2.56. The molecule has 0 aliphatic heterocycles. The summed E-state index contributed by atoms with van der Waals surface area (Å²) in [6.45, 7) is 12.0. The van der Waals surface area contributed by atoms with Crippen molar-refractivity contribution in [3.8, 4) is 0 Å². The second-order valence-electron chi connectivity index (χ2n) is 6.20. The van der Waals surface area contributed by atoms with Crippen LogP contribution in [0, 0.1) is 22.7 Å². The molecular formula is C13H22. The first-order valence-electron chi connectivity index (χ1n) is 5.54. The molecule has 0 amide bonds. The lowest BCUT2D eigenvalue weighted by atomic mass is 9.41. The van der Waals surface area contributed by atoms with Crippen molar-refractivity contribution in [3.63, 3.8) is 0 Å². The molecule has 0 heteroatoms. The Kier molecular flexibility index (Phi) is 1.72. The number of allylic oxidation sites excluding steroid dienone is 2. The first-order chi connectivity index (χ1) is 5.87. The van der Waals surface area contributed by atoms with Gasteiger partial charge >= 0.3 is 0 Å². The first kappa shape index (κ1) is 9.30. The van der Waals surface area contributed by atoms with E-state index in [4.69, 9.17) is 0 Å². The fraction of sp³-hybridized carbons (Fsp3) is 0.846. The summed E-state index contributed by atoms with van der Waals surface area (Å²) in [5, 5.41) is 0. The van der Waals surface area contributed by atoms with E-state index in [9.17, 15) is 0 Å². The van der Waals surface area contributed by atoms with Crippen LogP contribution in [0.1, 0.15) is 47.5 Å². The van der Waals surface area contributed by atoms with Gasteiger partial charge in [0.25, 0.3) is 0 Å². The molecule has 0 radical (unpaired) electrons. The highest BCUT2D eigenvalue weighted by Gasteiger charge is 2.58. The quantitative estimate of drug-likeness (QED) is 0.491. The van der Waals surface area contributed by atoms with Gasteiger partial charge in [0.15, 0.2) is 0 Å². The van der Waals surface area contributed by atoms with E-state index >= 15 is 0 Å². The topological polar surface area (TPSA) is 0 Å². The molecular weight excluding hydrogens is 156 g/mol. The van der Waals surface area contributed by atoms with Gasteiger partial charge in [-0.2, -0.15) is 0 Å². The Bertz CT molecular complexity index is 254. The van der Waals surface area contributed by atoms with Gasteiger partial charge in [-0.05, 0) is 42.4 Å². The summed E-state index contributed by atoms with van der Waals surface area (Å²) in [6.07, 6.45) is 5.25. The molecule has 0 saturated heterocycles. The van der Waals surface area contributed by atoms with Crippen molar-refractivity contribution in [3.05, 3.63) is 11.6 Å². The Balaban J connectivity index is 2.34. The highest BCUT2D eigenvalue weighted by Crippen LogP contribution is 2.66. The highest BCUT2D eigenvalue weighted by molar-refractivity contribution is 5.24. The summed E-state index contributed by atoms with van der Waals surface area (Å²) in [5.74, 6) is 1.84. The standard InChI is InChI=1S/C13H22/c1-9-6-7-10-8-11(9)13(10,5)12(2,3)4/h6,10-11H,7-8H2,1-5H3. The molecule has 3 atom stereocenters. The minimum absolute atomic E-state index is 0.468. The Morgan fingerprint density at radius 2 is 2.00 bits per heavy atom. The van der Waals surface area contributed by atoms with Crippen LogP contribution in [0.2, 0.25) is 0 Å². The van der Waals surface area contributed by atoms with Gasteiger partial charge in [0.1, 0.15) is 0 Å². The summed E-state index contributed by atoms with van der Waals surface area (Å²) < 4.78 is 0. The number of fused-ring (bicyclic) bond motifs is 1. The maximum atomic E-state index is 2.50. The van der Waals surface area contributed by atoms with Gasteiger partial charge in [-0.25, -0.2) is 0 Å². The molecule has 1 fully saturated rings. The highest BCUT2D eigenvalue weighted by atomic mass is 14.6. The van der Waals surface area contributed by atoms with Crippen LogP contribution in [0.5, 0.6) is 0 Å². The zero-order valence-corrected chi connectivity index (χ0v) is 9.65. The summed E-state index contributed by atoms with van der Waals surface area (Å²) in [4.78, 5) is 0. The maximum absolute atomic E-state index is 2.50. The second-order valence-corrected chi connectivity index (χ2v) is 6.20. The van der Waals surface area contributed by atoms with Crippen molar-refractivity contribution in [1.29, 1.82) is 0 Å². The van der Waals surface area contributed by atoms with E-state index in [1.54, 1.807) is 5.57 Å². The van der Waals surface area contributed by atoms with Crippen molar-refractivity contribution in [1.82, 2.24) is 0 Å². The zero-order chi connectivity index (χ0) is 9.85. The van der Waals surface area contributed by atoms with Crippen LogP contribution in [0.15, 0.2) is 11.6 Å². The van der Waals surface area contributed by atoms with Crippen molar-refractivity contribution in [2.45, 2.75) is 47.5 Å². The summed E-state index contributed by atoms with van der Waals surface area (Å²) in [6, 6.07) is 0. The third-order valence-corrected chi connectivity index (χ3v) is 4.98. The van der Waals surface area contributed by atoms with Gasteiger partial charge in [0.05, 0.1) is 0 Å². The Hall–Kier alpha value is -0.260. The van der Waals surface area contributed by atoms with Gasteiger partial charge < -0.3 is 0 Å². The third kappa shape index (κ3) is 0.978. The predicted molar refractivity (Wildman–Crippen MR) is 57.5 cm³/mol. The van der Waals surface area contributed by atoms with Gasteiger partial charge in [0.2, 0.25) is 0 Å². The van der Waals surface area contributed by atoms with Crippen molar-refractivity contribution < 1.29 is 0 Å². The molecule has 13 heavy (non-hydrogen) atoms. The molecule has 3 aliphatic rings. The third-order valence-electron chi connectivity index (χ3n) is 4.98. The number of hydrogen-bond donors (Lipinski definition) is 0. The Morgan fingerprint density at radius 1 is 1.38 bits per heavy atom. The van der Waals surface area contributed by atoms with E-state index in [1.807, 2.05) is 0 Å². The average molecular weight is 178 g/mol. The van der Waals surface area contributed by atoms with E-state index < -0.39 is 0 Å². The molecule has 0 aromatic rings. The fourth-order valence-electron chi connectivity index (χ4n) is 3.50. The smallest absolute Gasteiger partial charge is 0.0141 e. The van der Waals surface area contributed by atoms with Gasteiger partial charge in [0, 0.05) is 0 Å². The molecule has 2 bridgehead atoms. The fourth-order valence-corrected chi connectivity index (χ4v) is 3.50. The molecule has 3 unspecified atom stereocenters. The molecule has 0 aromatic carbocycles. The molecule has 0 N–H and O–H groups in total. The zero-order valence-electron chi connectivity index (χ0n) is 9.65. The summed E-state index contributed by atoms with van der Waals surface area (Å²) in [7, 11) is 0. The molecule has 3 aliphatic carbocycles. The average Bonchev–Trinajstić information content (AvgIpc) is 2.00. The number of rotatable bonds is 0. The van der Waals surface area contributed by atoms with Crippen LogP contribution in [0.3, 0.4) is 0 Å². The largest absolute Gasteiger partial charge is 0.0850 e. The maximum Gasteiger partial charge on any atom is -0.0141 e. The molecule has 0 nitrogen and oxygen atoms in total. The van der Waals surface area contributed by atoms with Crippen LogP contribution < -0.4 is 0 Å². The molecule has 0 spiro atoms. The van der Waals surface area contributed by atoms with E-state index in [1.165, 1.54) is 12.8 Å². The lowest BCUT2D eigenvalue weighted by Gasteiger charge is -2.64. The SMILES string of the molecule is CC1=CCC2CC1C2(C)C(C)(C)C. The number of hydrogen-bond acceptors (Lipinski definition) is 0. The predicted octanol–water partition coefficient (Wildman–Crippen LogP) is 4.02. The molecule has 74 valence electrons. The van der Waals surface area contributed by atoms with Crippen LogP contribution in [-0.2, 0) is 0 Å². The summed E-state index contributed by atoms with van der Waals surface area (Å²) >= 11 is 0. The minimum Gasteiger partial charge on any atom is -0.0850 e. The molecule has 0 aromatic heterocycles. The molecule has 1 saturated carbocycles. The van der Waals surface area contributed by atoms with Crippen molar-refractivity contribution >= 4 is 0 Å². The van der Waals surface area contributed by atoms with E-state index in [-0.39, 0.29) is 0 Å². The Labute approximate surface area is 82.4 Å². The van der Waals surface area contributed by atoms with Crippen molar-refractivity contribution in [2.24, 2.45) is 22.7 Å². The monoisotopic (exact) mass is 178 g/mol. The van der Waals surface area contributed by atoms with E-state index in [2.05, 4.69) is 40.7 Å². The molecule has 0 heterocycles. The summed E-state index contributed by atoms with van der Waals surface area (Å²) in [5.41, 5.74) is 2.70. The normalized spacial score (nSPS) is 43.9. The van der Waals surface area contributed by atoms with Crippen LogP contribution in [0.4, 0.5) is 0 Å². The first-order valence-corrected chi connectivity index (χ1v) is 5.54. The minimum atomic E-state index is 0.468. The van der Waals surface area contributed by atoms with Gasteiger partial charge in [-0.15, -0.1) is 0 Å². The second kappa shape index (κ2) is 2.40. The van der Waals surface area contributed by atoms with E-state index in [0.717, 1.165) is 11.8 Å². The van der Waals surface area contributed by atoms with E-state index in [0.29, 0.717) is 10.8 Å². The van der Waals surface area contributed by atoms with Gasteiger partial charge in [-0.3, -0.25) is 0 Å². The van der Waals surface area contributed by atoms with Crippen LogP contribution >= 0.6 is 0 Å². The van der Waals surface area contributed by atoms with Crippen LogP contribution in [-0.4, -0.2) is 0 Å². The Morgan fingerprint density at radius 3 is 2.31 bits per heavy atom. The lowest BCUT2D eigenvalue weighted by molar-refractivity contribution is -0.112. The molecule has 3 rings (SSSR count).